The topological polar surface area (TPSA) is 60.0 Å². The van der Waals surface area contributed by atoms with E-state index in [-0.39, 0.29) is 12.1 Å². The summed E-state index contributed by atoms with van der Waals surface area (Å²) in [6.07, 6.45) is 8.98. The second kappa shape index (κ2) is 8.52. The highest BCUT2D eigenvalue weighted by molar-refractivity contribution is 6.29. The third-order valence-electron chi connectivity index (χ3n) is 4.71. The van der Waals surface area contributed by atoms with Gasteiger partial charge in [-0.05, 0) is 25.7 Å². The van der Waals surface area contributed by atoms with Crippen molar-refractivity contribution in [2.24, 2.45) is 12.8 Å². The van der Waals surface area contributed by atoms with Crippen molar-refractivity contribution in [2.45, 2.75) is 37.8 Å². The standard InChI is InChI=1S/C19H23ClFN5/c1-25-13-14(11-24-25)2-3-15-12-23-19(20)10-18(15)26(9-8-21)17-6-4-16(22)5-7-17/h10-13,16-17H,4-9,22H2,1H3. The molecule has 1 saturated carbocycles. The zero-order chi connectivity index (χ0) is 18.5. The molecule has 0 aliphatic heterocycles. The van der Waals surface area contributed by atoms with Gasteiger partial charge >= 0.3 is 0 Å². The van der Waals surface area contributed by atoms with Crippen LogP contribution < -0.4 is 10.6 Å². The summed E-state index contributed by atoms with van der Waals surface area (Å²) in [6.45, 7) is -0.125. The predicted octanol–water partition coefficient (Wildman–Crippen LogP) is 2.91. The summed E-state index contributed by atoms with van der Waals surface area (Å²) in [5.41, 5.74) is 8.41. The van der Waals surface area contributed by atoms with Gasteiger partial charge in [-0.25, -0.2) is 9.37 Å². The number of hydrogen-bond donors (Lipinski definition) is 1. The van der Waals surface area contributed by atoms with E-state index >= 15 is 0 Å². The average molecular weight is 376 g/mol. The van der Waals surface area contributed by atoms with Gasteiger partial charge in [0.25, 0.3) is 0 Å². The largest absolute Gasteiger partial charge is 0.365 e. The van der Waals surface area contributed by atoms with Crippen LogP contribution in [0.3, 0.4) is 0 Å². The highest BCUT2D eigenvalue weighted by Gasteiger charge is 2.26. The van der Waals surface area contributed by atoms with Crippen molar-refractivity contribution >= 4 is 17.3 Å². The lowest BCUT2D eigenvalue weighted by molar-refractivity contribution is 0.364. The minimum Gasteiger partial charge on any atom is -0.365 e. The number of halogens is 2. The fourth-order valence-electron chi connectivity index (χ4n) is 3.38. The molecule has 1 aliphatic carbocycles. The van der Waals surface area contributed by atoms with Crippen molar-refractivity contribution in [2.75, 3.05) is 18.1 Å². The molecule has 1 fully saturated rings. The Balaban J connectivity index is 1.93. The lowest BCUT2D eigenvalue weighted by Crippen LogP contribution is -2.42. The van der Waals surface area contributed by atoms with Crippen LogP contribution >= 0.6 is 11.6 Å². The van der Waals surface area contributed by atoms with Gasteiger partial charge in [-0.1, -0.05) is 23.4 Å². The Bertz CT molecular complexity index is 802. The Hall–Kier alpha value is -2.10. The van der Waals surface area contributed by atoms with Gasteiger partial charge in [0.15, 0.2) is 0 Å². The number of nitrogens with two attached hydrogens (primary N) is 1. The Morgan fingerprint density at radius 3 is 2.73 bits per heavy atom. The molecular weight excluding hydrogens is 353 g/mol. The van der Waals surface area contributed by atoms with Crippen molar-refractivity contribution in [1.82, 2.24) is 14.8 Å². The first kappa shape index (κ1) is 18.7. The number of alkyl halides is 1. The zero-order valence-corrected chi connectivity index (χ0v) is 15.6. The van der Waals surface area contributed by atoms with Gasteiger partial charge in [-0.3, -0.25) is 4.68 Å². The maximum absolute atomic E-state index is 13.3. The van der Waals surface area contributed by atoms with Crippen LogP contribution in [0.2, 0.25) is 5.15 Å². The second-order valence-corrected chi connectivity index (χ2v) is 7.02. The zero-order valence-electron chi connectivity index (χ0n) is 14.8. The highest BCUT2D eigenvalue weighted by atomic mass is 35.5. The van der Waals surface area contributed by atoms with Crippen molar-refractivity contribution in [3.05, 3.63) is 40.9 Å². The summed E-state index contributed by atoms with van der Waals surface area (Å²) < 4.78 is 15.0. The first-order valence-electron chi connectivity index (χ1n) is 8.81. The Morgan fingerprint density at radius 1 is 1.31 bits per heavy atom. The predicted molar refractivity (Wildman–Crippen MR) is 102 cm³/mol. The average Bonchev–Trinajstić information content (AvgIpc) is 3.05. The Morgan fingerprint density at radius 2 is 2.08 bits per heavy atom. The summed E-state index contributed by atoms with van der Waals surface area (Å²) in [5.74, 6) is 6.24. The SMILES string of the molecule is Cn1cc(C#Cc2cnc(Cl)cc2N(CCF)C2CCC(N)CC2)cn1. The quantitative estimate of drug-likeness (QED) is 0.659. The summed E-state index contributed by atoms with van der Waals surface area (Å²) >= 11 is 6.13. The van der Waals surface area contributed by atoms with Gasteiger partial charge in [0.2, 0.25) is 0 Å². The van der Waals surface area contributed by atoms with Crippen molar-refractivity contribution in [3.8, 4) is 11.8 Å². The van der Waals surface area contributed by atoms with E-state index in [2.05, 4.69) is 26.8 Å². The molecule has 7 heteroatoms. The number of hydrogen-bond acceptors (Lipinski definition) is 4. The number of aromatic nitrogens is 3. The van der Waals surface area contributed by atoms with Gasteiger partial charge in [0.05, 0.1) is 23.0 Å². The molecule has 2 aromatic rings. The number of pyridine rings is 1. The van der Waals surface area contributed by atoms with Crippen molar-refractivity contribution < 1.29 is 4.39 Å². The molecule has 2 N–H and O–H groups in total. The summed E-state index contributed by atoms with van der Waals surface area (Å²) in [4.78, 5) is 6.23. The van der Waals surface area contributed by atoms with Crippen LogP contribution in [-0.2, 0) is 7.05 Å². The van der Waals surface area contributed by atoms with Gasteiger partial charge in [0, 0.05) is 44.1 Å². The molecule has 0 radical (unpaired) electrons. The van der Waals surface area contributed by atoms with Crippen LogP contribution in [0.4, 0.5) is 10.1 Å². The maximum Gasteiger partial charge on any atom is 0.131 e. The van der Waals surface area contributed by atoms with E-state index in [1.54, 1.807) is 23.1 Å². The lowest BCUT2D eigenvalue weighted by Gasteiger charge is -2.37. The normalized spacial score (nSPS) is 19.7. The third-order valence-corrected chi connectivity index (χ3v) is 4.92. The molecule has 138 valence electrons. The molecular formula is C19H23ClFN5. The first-order valence-corrected chi connectivity index (χ1v) is 9.19. The Kier molecular flexibility index (Phi) is 6.12. The first-order chi connectivity index (χ1) is 12.6. The number of nitrogens with zero attached hydrogens (tertiary/aromatic N) is 4. The maximum atomic E-state index is 13.3. The van der Waals surface area contributed by atoms with Gasteiger partial charge in [-0.2, -0.15) is 5.10 Å². The fourth-order valence-corrected chi connectivity index (χ4v) is 3.54. The van der Waals surface area contributed by atoms with E-state index < -0.39 is 6.67 Å². The van der Waals surface area contributed by atoms with E-state index in [4.69, 9.17) is 17.3 Å². The number of anilines is 1. The van der Waals surface area contributed by atoms with Crippen LogP contribution in [0.1, 0.15) is 36.8 Å². The summed E-state index contributed by atoms with van der Waals surface area (Å²) in [5, 5.41) is 4.49. The van der Waals surface area contributed by atoms with Crippen LogP contribution in [-0.4, -0.2) is 40.1 Å². The molecule has 2 aromatic heterocycles. The highest BCUT2D eigenvalue weighted by Crippen LogP contribution is 2.30. The van der Waals surface area contributed by atoms with E-state index in [0.717, 1.165) is 42.5 Å². The Labute approximate surface area is 158 Å². The van der Waals surface area contributed by atoms with E-state index in [1.807, 2.05) is 13.2 Å². The number of rotatable bonds is 4. The molecule has 0 saturated heterocycles. The molecule has 1 aliphatic rings. The van der Waals surface area contributed by atoms with Gasteiger partial charge < -0.3 is 10.6 Å². The van der Waals surface area contributed by atoms with Crippen LogP contribution in [0.5, 0.6) is 0 Å². The van der Waals surface area contributed by atoms with Crippen LogP contribution in [0.15, 0.2) is 24.7 Å². The van der Waals surface area contributed by atoms with E-state index in [0.29, 0.717) is 11.7 Å². The molecule has 0 aromatic carbocycles. The van der Waals surface area contributed by atoms with Gasteiger partial charge in [0.1, 0.15) is 11.8 Å². The molecule has 26 heavy (non-hydrogen) atoms. The molecule has 0 unspecified atom stereocenters. The van der Waals surface area contributed by atoms with Crippen molar-refractivity contribution in [1.29, 1.82) is 0 Å². The minimum absolute atomic E-state index is 0.239. The molecule has 3 rings (SSSR count). The van der Waals surface area contributed by atoms with Gasteiger partial charge in [-0.15, -0.1) is 0 Å². The number of aryl methyl sites for hydroxylation is 1. The van der Waals surface area contributed by atoms with Crippen LogP contribution in [0.25, 0.3) is 0 Å². The molecule has 0 amide bonds. The summed E-state index contributed by atoms with van der Waals surface area (Å²) in [7, 11) is 1.84. The van der Waals surface area contributed by atoms with Crippen molar-refractivity contribution in [3.63, 3.8) is 0 Å². The monoisotopic (exact) mass is 375 g/mol. The third kappa shape index (κ3) is 4.54. The molecule has 2 heterocycles. The lowest BCUT2D eigenvalue weighted by atomic mass is 9.90. The summed E-state index contributed by atoms with van der Waals surface area (Å²) in [6, 6.07) is 2.26. The second-order valence-electron chi connectivity index (χ2n) is 6.63. The molecule has 0 bridgehead atoms. The van der Waals surface area contributed by atoms with Crippen LogP contribution in [0, 0.1) is 11.8 Å². The molecule has 0 spiro atoms. The smallest absolute Gasteiger partial charge is 0.131 e. The minimum atomic E-state index is -0.433. The fraction of sp³-hybridized carbons (Fsp3) is 0.474. The van der Waals surface area contributed by atoms with E-state index in [9.17, 15) is 4.39 Å². The molecule has 5 nitrogen and oxygen atoms in total. The molecule has 0 atom stereocenters. The van der Waals surface area contributed by atoms with E-state index in [1.165, 1.54) is 0 Å².